The van der Waals surface area contributed by atoms with Crippen LogP contribution in [0.15, 0.2) is 52.1 Å². The van der Waals surface area contributed by atoms with Gasteiger partial charge in [-0.1, -0.05) is 35.1 Å². The number of pyridine rings is 1. The minimum atomic E-state index is -0.278. The summed E-state index contributed by atoms with van der Waals surface area (Å²) in [6.07, 6.45) is 1.74. The first-order chi connectivity index (χ1) is 10.6. The van der Waals surface area contributed by atoms with E-state index < -0.39 is 0 Å². The molecule has 112 valence electrons. The molecule has 0 radical (unpaired) electrons. The number of hydrogen-bond donors (Lipinski definition) is 0. The second-order valence-electron chi connectivity index (χ2n) is 4.85. The number of halogens is 1. The number of benzene rings is 1. The fourth-order valence-corrected chi connectivity index (χ4v) is 2.74. The van der Waals surface area contributed by atoms with E-state index >= 15 is 0 Å². The van der Waals surface area contributed by atoms with Gasteiger partial charge < -0.3 is 4.52 Å². The Labute approximate surface area is 131 Å². The Morgan fingerprint density at radius 1 is 1.23 bits per heavy atom. The van der Waals surface area contributed by atoms with Gasteiger partial charge in [0.05, 0.1) is 10.3 Å². The highest BCUT2D eigenvalue weighted by Gasteiger charge is 2.17. The maximum atomic E-state index is 13.6. The molecule has 0 bridgehead atoms. The van der Waals surface area contributed by atoms with Gasteiger partial charge in [-0.05, 0) is 37.6 Å². The Kier molecular flexibility index (Phi) is 4.20. The van der Waals surface area contributed by atoms with Crippen LogP contribution < -0.4 is 0 Å². The van der Waals surface area contributed by atoms with Gasteiger partial charge in [0.2, 0.25) is 11.7 Å². The van der Waals surface area contributed by atoms with E-state index in [-0.39, 0.29) is 11.1 Å². The van der Waals surface area contributed by atoms with E-state index in [0.717, 1.165) is 5.03 Å². The summed E-state index contributed by atoms with van der Waals surface area (Å²) in [5.41, 5.74) is 1.19. The van der Waals surface area contributed by atoms with Gasteiger partial charge in [0.15, 0.2) is 0 Å². The molecule has 0 unspecified atom stereocenters. The molecule has 1 atom stereocenters. The zero-order valence-electron chi connectivity index (χ0n) is 12.2. The molecule has 0 spiro atoms. The molecule has 3 aromatic rings. The zero-order valence-corrected chi connectivity index (χ0v) is 13.0. The predicted octanol–water partition coefficient (Wildman–Crippen LogP) is 4.43. The SMILES string of the molecule is Cc1ccc(-c2noc([C@H](C)Sc3ccccn3)n2)cc1F. The third-order valence-electron chi connectivity index (χ3n) is 3.15. The Bertz CT molecular complexity index is 776. The maximum Gasteiger partial charge on any atom is 0.240 e. The van der Waals surface area contributed by atoms with Crippen LogP contribution >= 0.6 is 11.8 Å². The van der Waals surface area contributed by atoms with Crippen LogP contribution in [0.5, 0.6) is 0 Å². The molecule has 22 heavy (non-hydrogen) atoms. The van der Waals surface area contributed by atoms with E-state index in [0.29, 0.717) is 22.8 Å². The Morgan fingerprint density at radius 3 is 2.82 bits per heavy atom. The molecule has 0 amide bonds. The van der Waals surface area contributed by atoms with Crippen molar-refractivity contribution >= 4 is 11.8 Å². The molecule has 6 heteroatoms. The summed E-state index contributed by atoms with van der Waals surface area (Å²) in [6.45, 7) is 3.68. The summed E-state index contributed by atoms with van der Waals surface area (Å²) in [4.78, 5) is 8.61. The number of aromatic nitrogens is 3. The molecule has 0 saturated carbocycles. The second kappa shape index (κ2) is 6.27. The first-order valence-corrected chi connectivity index (χ1v) is 7.69. The van der Waals surface area contributed by atoms with Gasteiger partial charge in [0.1, 0.15) is 5.82 Å². The average molecular weight is 315 g/mol. The van der Waals surface area contributed by atoms with Gasteiger partial charge in [0, 0.05) is 11.8 Å². The lowest BCUT2D eigenvalue weighted by molar-refractivity contribution is 0.380. The van der Waals surface area contributed by atoms with Crippen LogP contribution in [-0.2, 0) is 0 Å². The monoisotopic (exact) mass is 315 g/mol. The standard InChI is InChI=1S/C16H14FN3OS/c1-10-6-7-12(9-13(10)17)15-19-16(21-20-15)11(2)22-14-5-3-4-8-18-14/h3-9,11H,1-2H3/t11-/m0/s1. The molecule has 3 rings (SSSR count). The Hall–Kier alpha value is -2.21. The summed E-state index contributed by atoms with van der Waals surface area (Å²) >= 11 is 1.53. The van der Waals surface area contributed by atoms with Crippen molar-refractivity contribution in [2.75, 3.05) is 0 Å². The molecule has 4 nitrogen and oxygen atoms in total. The molecule has 0 aliphatic rings. The Balaban J connectivity index is 1.79. The van der Waals surface area contributed by atoms with E-state index in [1.54, 1.807) is 25.3 Å². The Morgan fingerprint density at radius 2 is 2.09 bits per heavy atom. The number of hydrogen-bond acceptors (Lipinski definition) is 5. The summed E-state index contributed by atoms with van der Waals surface area (Å²) in [5.74, 6) is 0.605. The molecular formula is C16H14FN3OS. The summed E-state index contributed by atoms with van der Waals surface area (Å²) in [5, 5.41) is 4.78. The minimum absolute atomic E-state index is 0.0357. The number of thioether (sulfide) groups is 1. The van der Waals surface area contributed by atoms with Crippen molar-refractivity contribution in [2.45, 2.75) is 24.1 Å². The van der Waals surface area contributed by atoms with Crippen LogP contribution in [-0.4, -0.2) is 15.1 Å². The fourth-order valence-electron chi connectivity index (χ4n) is 1.90. The molecule has 2 aromatic heterocycles. The smallest absolute Gasteiger partial charge is 0.240 e. The van der Waals surface area contributed by atoms with Crippen molar-refractivity contribution in [1.82, 2.24) is 15.1 Å². The number of aryl methyl sites for hydroxylation is 1. The lowest BCUT2D eigenvalue weighted by Gasteiger charge is -2.04. The zero-order chi connectivity index (χ0) is 15.5. The van der Waals surface area contributed by atoms with E-state index in [4.69, 9.17) is 4.52 Å². The van der Waals surface area contributed by atoms with Crippen molar-refractivity contribution in [3.05, 3.63) is 59.9 Å². The van der Waals surface area contributed by atoms with E-state index in [9.17, 15) is 4.39 Å². The molecule has 0 aliphatic heterocycles. The van der Waals surface area contributed by atoms with Crippen molar-refractivity contribution in [3.63, 3.8) is 0 Å². The molecule has 0 aliphatic carbocycles. The van der Waals surface area contributed by atoms with E-state index in [1.807, 2.05) is 25.1 Å². The second-order valence-corrected chi connectivity index (χ2v) is 6.21. The van der Waals surface area contributed by atoms with E-state index in [1.165, 1.54) is 17.8 Å². The highest BCUT2D eigenvalue weighted by Crippen LogP contribution is 2.33. The molecule has 2 heterocycles. The van der Waals surface area contributed by atoms with Gasteiger partial charge in [-0.2, -0.15) is 4.98 Å². The van der Waals surface area contributed by atoms with Gasteiger partial charge in [0.25, 0.3) is 0 Å². The van der Waals surface area contributed by atoms with Crippen LogP contribution in [0.3, 0.4) is 0 Å². The third-order valence-corrected chi connectivity index (χ3v) is 4.19. The minimum Gasteiger partial charge on any atom is -0.338 e. The van der Waals surface area contributed by atoms with Crippen LogP contribution in [0.25, 0.3) is 11.4 Å². The topological polar surface area (TPSA) is 51.8 Å². The first kappa shape index (κ1) is 14.7. The lowest BCUT2D eigenvalue weighted by atomic mass is 10.1. The largest absolute Gasteiger partial charge is 0.338 e. The summed E-state index contributed by atoms with van der Waals surface area (Å²) in [6, 6.07) is 10.6. The van der Waals surface area contributed by atoms with Crippen LogP contribution in [0.1, 0.15) is 23.6 Å². The lowest BCUT2D eigenvalue weighted by Crippen LogP contribution is -1.90. The van der Waals surface area contributed by atoms with Crippen molar-refractivity contribution < 1.29 is 8.91 Å². The van der Waals surface area contributed by atoms with Crippen molar-refractivity contribution in [1.29, 1.82) is 0 Å². The quantitative estimate of drug-likeness (QED) is 0.667. The van der Waals surface area contributed by atoms with Crippen molar-refractivity contribution in [2.24, 2.45) is 0 Å². The molecule has 0 fully saturated rings. The van der Waals surface area contributed by atoms with Crippen LogP contribution in [0.2, 0.25) is 0 Å². The summed E-state index contributed by atoms with van der Waals surface area (Å²) in [7, 11) is 0. The highest BCUT2D eigenvalue weighted by molar-refractivity contribution is 7.99. The molecule has 0 saturated heterocycles. The van der Waals surface area contributed by atoms with Gasteiger partial charge in [-0.15, -0.1) is 0 Å². The third kappa shape index (κ3) is 3.17. The van der Waals surface area contributed by atoms with Gasteiger partial charge in [-0.3, -0.25) is 0 Å². The molecule has 0 N–H and O–H groups in total. The summed E-state index contributed by atoms with van der Waals surface area (Å²) < 4.78 is 18.9. The van der Waals surface area contributed by atoms with Gasteiger partial charge >= 0.3 is 0 Å². The van der Waals surface area contributed by atoms with Crippen LogP contribution in [0.4, 0.5) is 4.39 Å². The highest BCUT2D eigenvalue weighted by atomic mass is 32.2. The normalized spacial score (nSPS) is 12.3. The first-order valence-electron chi connectivity index (χ1n) is 6.81. The number of rotatable bonds is 4. The predicted molar refractivity (Wildman–Crippen MR) is 82.9 cm³/mol. The number of nitrogens with zero attached hydrogens (tertiary/aromatic N) is 3. The van der Waals surface area contributed by atoms with Crippen LogP contribution in [0, 0.1) is 12.7 Å². The van der Waals surface area contributed by atoms with E-state index in [2.05, 4.69) is 15.1 Å². The fraction of sp³-hybridized carbons (Fsp3) is 0.188. The molecule has 1 aromatic carbocycles. The average Bonchev–Trinajstić information content (AvgIpc) is 3.01. The van der Waals surface area contributed by atoms with Crippen molar-refractivity contribution in [3.8, 4) is 11.4 Å². The van der Waals surface area contributed by atoms with Gasteiger partial charge in [-0.25, -0.2) is 9.37 Å². The molecular weight excluding hydrogens is 301 g/mol. The maximum absolute atomic E-state index is 13.6.